The van der Waals surface area contributed by atoms with Gasteiger partial charge in [0.1, 0.15) is 5.82 Å². The van der Waals surface area contributed by atoms with Crippen molar-refractivity contribution in [3.05, 3.63) is 35.4 Å². The van der Waals surface area contributed by atoms with E-state index in [9.17, 15) is 4.79 Å². The molecule has 2 N–H and O–H groups in total. The average molecular weight is 329 g/mol. The number of nitrogens with one attached hydrogen (secondary N) is 2. The van der Waals surface area contributed by atoms with Gasteiger partial charge in [0.05, 0.1) is 6.54 Å². The number of H-pyrrole nitrogens is 1. The SMILES string of the molecule is Cc1nc(CNC(=O)N(Cc2ccc3c(c2)OCO3)C2CC2)n[nH]1. The zero-order valence-electron chi connectivity index (χ0n) is 13.4. The van der Waals surface area contributed by atoms with E-state index >= 15 is 0 Å². The number of hydrogen-bond donors (Lipinski definition) is 2. The smallest absolute Gasteiger partial charge is 0.318 e. The van der Waals surface area contributed by atoms with Gasteiger partial charge in [-0.2, -0.15) is 5.10 Å². The standard InChI is InChI=1S/C16H19N5O3/c1-10-18-15(20-19-10)7-17-16(22)21(12-3-4-12)8-11-2-5-13-14(6-11)24-9-23-13/h2,5-6,12H,3-4,7-9H2,1H3,(H,17,22)(H,18,19,20). The minimum Gasteiger partial charge on any atom is -0.454 e. The highest BCUT2D eigenvalue weighted by Gasteiger charge is 2.33. The van der Waals surface area contributed by atoms with Gasteiger partial charge in [0.2, 0.25) is 6.79 Å². The number of benzene rings is 1. The Balaban J connectivity index is 1.41. The number of amides is 2. The van der Waals surface area contributed by atoms with E-state index in [2.05, 4.69) is 20.5 Å². The maximum absolute atomic E-state index is 12.5. The topological polar surface area (TPSA) is 92.4 Å². The maximum atomic E-state index is 12.5. The van der Waals surface area contributed by atoms with Gasteiger partial charge in [0.15, 0.2) is 17.3 Å². The lowest BCUT2D eigenvalue weighted by Gasteiger charge is -2.22. The summed E-state index contributed by atoms with van der Waals surface area (Å²) in [6, 6.07) is 5.98. The van der Waals surface area contributed by atoms with Crippen molar-refractivity contribution in [2.24, 2.45) is 0 Å². The van der Waals surface area contributed by atoms with Crippen LogP contribution in [0.15, 0.2) is 18.2 Å². The van der Waals surface area contributed by atoms with E-state index in [0.29, 0.717) is 25.0 Å². The maximum Gasteiger partial charge on any atom is 0.318 e. The molecule has 0 spiro atoms. The Morgan fingerprint density at radius 3 is 2.96 bits per heavy atom. The van der Waals surface area contributed by atoms with Crippen molar-refractivity contribution in [2.75, 3.05) is 6.79 Å². The van der Waals surface area contributed by atoms with Crippen molar-refractivity contribution in [3.8, 4) is 11.5 Å². The second kappa shape index (κ2) is 6.03. The highest BCUT2D eigenvalue weighted by Crippen LogP contribution is 2.34. The number of carbonyl (C=O) groups excluding carboxylic acids is 1. The van der Waals surface area contributed by atoms with E-state index < -0.39 is 0 Å². The molecule has 0 unspecified atom stereocenters. The molecule has 1 aromatic carbocycles. The summed E-state index contributed by atoms with van der Waals surface area (Å²) in [4.78, 5) is 18.6. The van der Waals surface area contributed by atoms with E-state index in [1.165, 1.54) is 0 Å². The molecule has 4 rings (SSSR count). The molecule has 1 aromatic heterocycles. The van der Waals surface area contributed by atoms with Crippen LogP contribution in [0.25, 0.3) is 0 Å². The van der Waals surface area contributed by atoms with Gasteiger partial charge in [-0.1, -0.05) is 6.07 Å². The summed E-state index contributed by atoms with van der Waals surface area (Å²) in [5.74, 6) is 2.80. The van der Waals surface area contributed by atoms with E-state index in [1.54, 1.807) is 0 Å². The molecule has 1 aliphatic heterocycles. The first-order chi connectivity index (χ1) is 11.7. The number of ether oxygens (including phenoxy) is 2. The van der Waals surface area contributed by atoms with Crippen LogP contribution < -0.4 is 14.8 Å². The Labute approximate surface area is 139 Å². The molecule has 8 nitrogen and oxygen atoms in total. The number of carbonyl (C=O) groups is 1. The molecule has 2 amide bonds. The fourth-order valence-electron chi connectivity index (χ4n) is 2.71. The first-order valence-electron chi connectivity index (χ1n) is 8.00. The molecule has 2 heterocycles. The zero-order chi connectivity index (χ0) is 16.5. The quantitative estimate of drug-likeness (QED) is 0.871. The van der Waals surface area contributed by atoms with Crippen molar-refractivity contribution < 1.29 is 14.3 Å². The summed E-state index contributed by atoms with van der Waals surface area (Å²) in [6.45, 7) is 2.93. The number of urea groups is 1. The van der Waals surface area contributed by atoms with E-state index in [4.69, 9.17) is 9.47 Å². The number of nitrogens with zero attached hydrogens (tertiary/aromatic N) is 3. The summed E-state index contributed by atoms with van der Waals surface area (Å²) in [6.07, 6.45) is 2.08. The molecule has 2 aliphatic rings. The molecule has 2 aromatic rings. The molecule has 1 aliphatic carbocycles. The summed E-state index contributed by atoms with van der Waals surface area (Å²) < 4.78 is 10.7. The average Bonchev–Trinajstić information content (AvgIpc) is 3.16. The number of aryl methyl sites for hydroxylation is 1. The third-order valence-corrected chi connectivity index (χ3v) is 4.08. The first kappa shape index (κ1) is 14.8. The van der Waals surface area contributed by atoms with Gasteiger partial charge in [0.25, 0.3) is 0 Å². The van der Waals surface area contributed by atoms with Crippen LogP contribution in [0, 0.1) is 6.92 Å². The molecular formula is C16H19N5O3. The van der Waals surface area contributed by atoms with Crippen LogP contribution in [0.4, 0.5) is 4.79 Å². The monoisotopic (exact) mass is 329 g/mol. The third-order valence-electron chi connectivity index (χ3n) is 4.08. The molecular weight excluding hydrogens is 310 g/mol. The lowest BCUT2D eigenvalue weighted by Crippen LogP contribution is -2.40. The highest BCUT2D eigenvalue weighted by molar-refractivity contribution is 5.74. The van der Waals surface area contributed by atoms with Crippen LogP contribution in [-0.2, 0) is 13.1 Å². The third kappa shape index (κ3) is 3.12. The van der Waals surface area contributed by atoms with Crippen LogP contribution in [0.5, 0.6) is 11.5 Å². The van der Waals surface area contributed by atoms with Crippen molar-refractivity contribution >= 4 is 6.03 Å². The Morgan fingerprint density at radius 2 is 2.21 bits per heavy atom. The normalized spacial score (nSPS) is 15.4. The molecule has 0 radical (unpaired) electrons. The number of fused-ring (bicyclic) bond motifs is 1. The summed E-state index contributed by atoms with van der Waals surface area (Å²) in [5.41, 5.74) is 1.02. The lowest BCUT2D eigenvalue weighted by molar-refractivity contribution is 0.173. The van der Waals surface area contributed by atoms with Gasteiger partial charge >= 0.3 is 6.03 Å². The number of aromatic amines is 1. The minimum absolute atomic E-state index is 0.0994. The van der Waals surface area contributed by atoms with Crippen molar-refractivity contribution in [2.45, 2.75) is 38.9 Å². The number of aromatic nitrogens is 3. The van der Waals surface area contributed by atoms with Gasteiger partial charge in [0, 0.05) is 12.6 Å². The fraction of sp³-hybridized carbons (Fsp3) is 0.438. The van der Waals surface area contributed by atoms with Crippen LogP contribution in [0.3, 0.4) is 0 Å². The van der Waals surface area contributed by atoms with E-state index in [-0.39, 0.29) is 12.8 Å². The van der Waals surface area contributed by atoms with Gasteiger partial charge in [-0.3, -0.25) is 5.10 Å². The van der Waals surface area contributed by atoms with Gasteiger partial charge < -0.3 is 19.7 Å². The summed E-state index contributed by atoms with van der Waals surface area (Å²) >= 11 is 0. The second-order valence-corrected chi connectivity index (χ2v) is 6.04. The van der Waals surface area contributed by atoms with Crippen molar-refractivity contribution in [1.29, 1.82) is 0 Å². The molecule has 8 heteroatoms. The molecule has 1 fully saturated rings. The molecule has 24 heavy (non-hydrogen) atoms. The number of hydrogen-bond acceptors (Lipinski definition) is 5. The summed E-state index contributed by atoms with van der Waals surface area (Å²) in [5, 5.41) is 9.69. The lowest BCUT2D eigenvalue weighted by atomic mass is 10.2. The van der Waals surface area contributed by atoms with E-state index in [0.717, 1.165) is 35.7 Å². The summed E-state index contributed by atoms with van der Waals surface area (Å²) in [7, 11) is 0. The van der Waals surface area contributed by atoms with Gasteiger partial charge in [-0.05, 0) is 37.5 Å². The Hall–Kier alpha value is -2.77. The first-order valence-corrected chi connectivity index (χ1v) is 8.00. The van der Waals surface area contributed by atoms with Gasteiger partial charge in [-0.15, -0.1) is 0 Å². The molecule has 0 bridgehead atoms. The predicted molar refractivity (Wildman–Crippen MR) is 84.5 cm³/mol. The van der Waals surface area contributed by atoms with Crippen molar-refractivity contribution in [3.63, 3.8) is 0 Å². The van der Waals surface area contributed by atoms with Crippen molar-refractivity contribution in [1.82, 2.24) is 25.4 Å². The highest BCUT2D eigenvalue weighted by atomic mass is 16.7. The second-order valence-electron chi connectivity index (χ2n) is 6.04. The Kier molecular flexibility index (Phi) is 3.72. The van der Waals surface area contributed by atoms with Crippen LogP contribution in [-0.4, -0.2) is 38.9 Å². The van der Waals surface area contributed by atoms with Gasteiger partial charge in [-0.25, -0.2) is 9.78 Å². The molecule has 126 valence electrons. The van der Waals surface area contributed by atoms with Crippen LogP contribution >= 0.6 is 0 Å². The molecule has 0 saturated heterocycles. The molecule has 0 atom stereocenters. The van der Waals surface area contributed by atoms with Crippen LogP contribution in [0.2, 0.25) is 0 Å². The Morgan fingerprint density at radius 1 is 1.38 bits per heavy atom. The zero-order valence-corrected chi connectivity index (χ0v) is 13.4. The fourth-order valence-corrected chi connectivity index (χ4v) is 2.71. The largest absolute Gasteiger partial charge is 0.454 e. The van der Waals surface area contributed by atoms with E-state index in [1.807, 2.05) is 30.0 Å². The van der Waals surface area contributed by atoms with Crippen LogP contribution in [0.1, 0.15) is 30.1 Å². The Bertz CT molecular complexity index is 756. The number of rotatable bonds is 5. The minimum atomic E-state index is -0.0994. The predicted octanol–water partition coefficient (Wildman–Crippen LogP) is 1.72. The molecule has 1 saturated carbocycles.